The molecule has 3 heterocycles. The van der Waals surface area contributed by atoms with Gasteiger partial charge in [-0.25, -0.2) is 4.39 Å². The zero-order chi connectivity index (χ0) is 28.2. The molecule has 0 amide bonds. The number of hydrogen-bond donors (Lipinski definition) is 0. The summed E-state index contributed by atoms with van der Waals surface area (Å²) >= 11 is 0. The van der Waals surface area contributed by atoms with E-state index in [0.717, 1.165) is 16.7 Å². The number of ketones is 1. The molecule has 0 aliphatic carbocycles. The maximum absolute atomic E-state index is 13.5. The number of fused-ring (bicyclic) bond motifs is 1. The summed E-state index contributed by atoms with van der Waals surface area (Å²) in [5, 5.41) is 0.827. The molecule has 3 aromatic heterocycles. The third-order valence-electron chi connectivity index (χ3n) is 6.45. The molecular formula is C32H28FN3O4. The molecule has 5 aromatic rings. The van der Waals surface area contributed by atoms with E-state index in [1.807, 2.05) is 43.5 Å². The van der Waals surface area contributed by atoms with E-state index < -0.39 is 11.2 Å². The zero-order valence-electron chi connectivity index (χ0n) is 22.4. The van der Waals surface area contributed by atoms with Crippen molar-refractivity contribution in [2.75, 3.05) is 6.61 Å². The summed E-state index contributed by atoms with van der Waals surface area (Å²) in [4.78, 5) is 35.4. The lowest BCUT2D eigenvalue weighted by Gasteiger charge is -2.15. The Kier molecular flexibility index (Phi) is 7.68. The van der Waals surface area contributed by atoms with Crippen LogP contribution < -0.4 is 14.9 Å². The lowest BCUT2D eigenvalue weighted by molar-refractivity contribution is 0.0990. The van der Waals surface area contributed by atoms with Gasteiger partial charge in [0.1, 0.15) is 23.1 Å². The number of aromatic nitrogens is 3. The number of hydrogen-bond acceptors (Lipinski definition) is 6. The number of halogens is 1. The fourth-order valence-electron chi connectivity index (χ4n) is 4.34. The van der Waals surface area contributed by atoms with E-state index >= 15 is 0 Å². The molecule has 40 heavy (non-hydrogen) atoms. The number of nitrogens with zero attached hydrogens (tertiary/aromatic N) is 3. The third-order valence-corrected chi connectivity index (χ3v) is 6.45. The van der Waals surface area contributed by atoms with Crippen molar-refractivity contribution in [3.05, 3.63) is 113 Å². The molecule has 0 fully saturated rings. The summed E-state index contributed by atoms with van der Waals surface area (Å²) in [6.07, 6.45) is 6.43. The average Bonchev–Trinajstić information content (AvgIpc) is 2.95. The number of pyridine rings is 3. The minimum atomic E-state index is -0.398. The van der Waals surface area contributed by atoms with Gasteiger partial charge in [-0.1, -0.05) is 12.1 Å². The molecule has 0 saturated carbocycles. The Hall–Kier alpha value is -4.85. The molecular weight excluding hydrogens is 509 g/mol. The van der Waals surface area contributed by atoms with Gasteiger partial charge in [-0.05, 0) is 68.8 Å². The first kappa shape index (κ1) is 26.7. The van der Waals surface area contributed by atoms with Crippen molar-refractivity contribution in [1.29, 1.82) is 0 Å². The van der Waals surface area contributed by atoms with Crippen LogP contribution in [0.3, 0.4) is 0 Å². The van der Waals surface area contributed by atoms with Crippen molar-refractivity contribution in [2.24, 2.45) is 0 Å². The molecule has 0 N–H and O–H groups in total. The van der Waals surface area contributed by atoms with E-state index in [4.69, 9.17) is 9.47 Å². The van der Waals surface area contributed by atoms with Crippen LogP contribution in [0.5, 0.6) is 17.2 Å². The highest BCUT2D eigenvalue weighted by Gasteiger charge is 2.18. The van der Waals surface area contributed by atoms with Gasteiger partial charge in [-0.3, -0.25) is 19.6 Å². The van der Waals surface area contributed by atoms with Crippen LogP contribution >= 0.6 is 0 Å². The maximum Gasteiger partial charge on any atom is 0.200 e. The number of carbonyl (C=O) groups excluding carboxylic acids is 1. The van der Waals surface area contributed by atoms with Crippen molar-refractivity contribution < 1.29 is 18.7 Å². The quantitative estimate of drug-likeness (QED) is 0.192. The summed E-state index contributed by atoms with van der Waals surface area (Å²) in [7, 11) is 0. The van der Waals surface area contributed by atoms with Gasteiger partial charge in [0.2, 0.25) is 0 Å². The molecule has 0 aliphatic heterocycles. The molecule has 8 heteroatoms. The van der Waals surface area contributed by atoms with Gasteiger partial charge < -0.3 is 14.0 Å². The SMILES string of the molecule is CCOc1ccc2c(Oc3ccc(CC(=O)c4cn(C(C)C)cc(-c5ccc(F)cc5)c4=O)nc3)ccnc2c1. The molecule has 0 spiro atoms. The third kappa shape index (κ3) is 5.76. The predicted octanol–water partition coefficient (Wildman–Crippen LogP) is 6.79. The molecule has 0 bridgehead atoms. The smallest absolute Gasteiger partial charge is 0.200 e. The van der Waals surface area contributed by atoms with Crippen LogP contribution in [0.25, 0.3) is 22.0 Å². The molecule has 202 valence electrons. The van der Waals surface area contributed by atoms with Gasteiger partial charge in [-0.2, -0.15) is 0 Å². The first-order valence-corrected chi connectivity index (χ1v) is 13.0. The van der Waals surface area contributed by atoms with E-state index in [-0.39, 0.29) is 23.8 Å². The number of carbonyl (C=O) groups is 1. The van der Waals surface area contributed by atoms with Crippen LogP contribution in [-0.2, 0) is 6.42 Å². The molecule has 7 nitrogen and oxygen atoms in total. The van der Waals surface area contributed by atoms with E-state index in [1.165, 1.54) is 24.3 Å². The summed E-state index contributed by atoms with van der Waals surface area (Å²) < 4.78 is 26.9. The van der Waals surface area contributed by atoms with Crippen LogP contribution in [-0.4, -0.2) is 26.9 Å². The van der Waals surface area contributed by atoms with E-state index in [0.29, 0.717) is 34.9 Å². The largest absolute Gasteiger partial charge is 0.494 e. The second-order valence-electron chi connectivity index (χ2n) is 9.57. The Morgan fingerprint density at radius 1 is 0.975 bits per heavy atom. The topological polar surface area (TPSA) is 83.3 Å². The Morgan fingerprint density at radius 3 is 2.45 bits per heavy atom. The standard InChI is InChI=1S/C32H28FN3O4/c1-4-39-24-11-12-26-29(16-24)34-14-13-31(26)40-25-10-9-23(35-17-25)15-30(37)28-19-36(20(2)3)18-27(32(28)38)21-5-7-22(33)8-6-21/h5-14,16-20H,4,15H2,1-3H3. The Morgan fingerprint density at radius 2 is 1.75 bits per heavy atom. The van der Waals surface area contributed by atoms with Gasteiger partial charge in [0.05, 0.1) is 30.3 Å². The summed E-state index contributed by atoms with van der Waals surface area (Å²) in [5.74, 6) is 1.10. The van der Waals surface area contributed by atoms with Crippen LogP contribution in [0.4, 0.5) is 4.39 Å². The lowest BCUT2D eigenvalue weighted by atomic mass is 10.0. The molecule has 0 radical (unpaired) electrons. The highest BCUT2D eigenvalue weighted by atomic mass is 19.1. The number of rotatable bonds is 9. The minimum Gasteiger partial charge on any atom is -0.494 e. The van der Waals surface area contributed by atoms with E-state index in [2.05, 4.69) is 9.97 Å². The number of Topliss-reactive ketones (excluding diaryl/α,β-unsaturated/α-hetero) is 1. The number of ether oxygens (including phenoxy) is 2. The summed E-state index contributed by atoms with van der Waals surface area (Å²) in [6.45, 7) is 6.40. The summed E-state index contributed by atoms with van der Waals surface area (Å²) in [6, 6.07) is 16.5. The van der Waals surface area contributed by atoms with Gasteiger partial charge in [-0.15, -0.1) is 0 Å². The molecule has 0 unspecified atom stereocenters. The summed E-state index contributed by atoms with van der Waals surface area (Å²) in [5.41, 5.74) is 1.80. The normalized spacial score (nSPS) is 11.1. The molecule has 0 saturated heterocycles. The van der Waals surface area contributed by atoms with Crippen LogP contribution in [0, 0.1) is 5.82 Å². The van der Waals surface area contributed by atoms with Crippen molar-refractivity contribution in [1.82, 2.24) is 14.5 Å². The van der Waals surface area contributed by atoms with Gasteiger partial charge in [0.15, 0.2) is 11.2 Å². The van der Waals surface area contributed by atoms with Gasteiger partial charge in [0, 0.05) is 47.3 Å². The number of benzene rings is 2. The fourth-order valence-corrected chi connectivity index (χ4v) is 4.34. The monoisotopic (exact) mass is 537 g/mol. The Labute approximate surface area is 230 Å². The first-order chi connectivity index (χ1) is 19.3. The van der Waals surface area contributed by atoms with Crippen LogP contribution in [0.1, 0.15) is 42.9 Å². The fraction of sp³-hybridized carbons (Fsp3) is 0.188. The second-order valence-corrected chi connectivity index (χ2v) is 9.57. The predicted molar refractivity (Wildman–Crippen MR) is 152 cm³/mol. The lowest BCUT2D eigenvalue weighted by Crippen LogP contribution is -2.22. The van der Waals surface area contributed by atoms with Crippen molar-refractivity contribution in [3.8, 4) is 28.4 Å². The van der Waals surface area contributed by atoms with E-state index in [9.17, 15) is 14.0 Å². The average molecular weight is 538 g/mol. The zero-order valence-corrected chi connectivity index (χ0v) is 22.4. The van der Waals surface area contributed by atoms with Crippen molar-refractivity contribution >= 4 is 16.7 Å². The van der Waals surface area contributed by atoms with Gasteiger partial charge in [0.25, 0.3) is 0 Å². The van der Waals surface area contributed by atoms with Crippen LogP contribution in [0.2, 0.25) is 0 Å². The molecule has 0 aliphatic rings. The van der Waals surface area contributed by atoms with Gasteiger partial charge >= 0.3 is 0 Å². The Bertz CT molecular complexity index is 1730. The van der Waals surface area contributed by atoms with Crippen molar-refractivity contribution in [3.63, 3.8) is 0 Å². The van der Waals surface area contributed by atoms with Crippen molar-refractivity contribution in [2.45, 2.75) is 33.2 Å². The molecule has 0 atom stereocenters. The molecule has 2 aromatic carbocycles. The highest BCUT2D eigenvalue weighted by molar-refractivity contribution is 5.98. The van der Waals surface area contributed by atoms with Crippen LogP contribution in [0.15, 0.2) is 90.2 Å². The molecule has 5 rings (SSSR count). The minimum absolute atomic E-state index is 0.0101. The Balaban J connectivity index is 1.37. The maximum atomic E-state index is 13.5. The highest BCUT2D eigenvalue weighted by Crippen LogP contribution is 2.30. The second kappa shape index (κ2) is 11.5. The first-order valence-electron chi connectivity index (χ1n) is 13.0. The van der Waals surface area contributed by atoms with E-state index in [1.54, 1.807) is 43.0 Å².